The van der Waals surface area contributed by atoms with E-state index in [9.17, 15) is 29.7 Å². The van der Waals surface area contributed by atoms with Gasteiger partial charge in [0.15, 0.2) is 16.9 Å². The summed E-state index contributed by atoms with van der Waals surface area (Å²) in [6.45, 7) is 3.29. The van der Waals surface area contributed by atoms with Crippen molar-refractivity contribution in [3.8, 4) is 23.0 Å². The fraction of sp³-hybridized carbons (Fsp3) is 0.410. The highest BCUT2D eigenvalue weighted by molar-refractivity contribution is 6.40. The first kappa shape index (κ1) is 32.3. The Balaban J connectivity index is 1.68. The molecule has 5 atom stereocenters. The molecule has 5 aromatic carbocycles. The van der Waals surface area contributed by atoms with Crippen LogP contribution in [0, 0.1) is 0 Å². The Morgan fingerprint density at radius 1 is 0.760 bits per heavy atom. The molecule has 5 aromatic rings. The number of carbonyl (C=O) groups is 1. The smallest absolute Gasteiger partial charge is 0.230 e. The molecular weight excluding hydrogens is 640 g/mol. The summed E-state index contributed by atoms with van der Waals surface area (Å²) >= 11 is 0. The number of Topliss-reactive ketones (excluding diaryl/α,β-unsaturated/α-hetero) is 1. The number of hydrogen-bond donors (Lipinski definition) is 5. The lowest BCUT2D eigenvalue weighted by Gasteiger charge is -2.26. The summed E-state index contributed by atoms with van der Waals surface area (Å²) in [4.78, 5) is 42.6. The van der Waals surface area contributed by atoms with Gasteiger partial charge in [0.1, 0.15) is 17.3 Å². The van der Waals surface area contributed by atoms with Crippen LogP contribution in [-0.2, 0) is 4.79 Å². The number of benzene rings is 5. The third kappa shape index (κ3) is 4.45. The first-order chi connectivity index (χ1) is 24.0. The summed E-state index contributed by atoms with van der Waals surface area (Å²) in [7, 11) is 4.41. The van der Waals surface area contributed by atoms with Gasteiger partial charge in [-0.3, -0.25) is 14.4 Å². The summed E-state index contributed by atoms with van der Waals surface area (Å²) < 4.78 is 17.9. The lowest BCUT2D eigenvalue weighted by Crippen LogP contribution is -2.21. The molecule has 0 aliphatic heterocycles. The first-order valence-electron chi connectivity index (χ1n) is 17.1. The number of fused-ring (bicyclic) bond motifs is 1. The van der Waals surface area contributed by atoms with Crippen LogP contribution in [0.2, 0.25) is 0 Å². The van der Waals surface area contributed by atoms with E-state index in [2.05, 4.69) is 10.6 Å². The van der Waals surface area contributed by atoms with Crippen molar-refractivity contribution in [3.05, 3.63) is 49.3 Å². The average molecular weight is 681 g/mol. The van der Waals surface area contributed by atoms with Gasteiger partial charge in [0.25, 0.3) is 0 Å². The minimum absolute atomic E-state index is 0.0160. The second-order valence-electron chi connectivity index (χ2n) is 14.2. The van der Waals surface area contributed by atoms with Crippen LogP contribution < -0.4 is 35.7 Å². The predicted octanol–water partition coefficient (Wildman–Crippen LogP) is 5.37. The first-order valence-corrected chi connectivity index (χ1v) is 17.1. The highest BCUT2D eigenvalue weighted by Gasteiger charge is 2.38. The molecule has 2 fully saturated rings. The SMILES string of the molecule is COc1c2c3c4c(c(NC5CCC(O)C5)c(O)c5c(=O)cc(OC)c(c6c(OC)cc(NC7CCC(O)C7)c(c1=O)c63)c54)C=C(C)C2C(C)=O. The van der Waals surface area contributed by atoms with Crippen molar-refractivity contribution >= 4 is 66.3 Å². The number of aromatic hydroxyl groups is 1. The van der Waals surface area contributed by atoms with Crippen LogP contribution in [0.1, 0.15) is 69.4 Å². The largest absolute Gasteiger partial charge is 0.505 e. The maximum atomic E-state index is 14.9. The summed E-state index contributed by atoms with van der Waals surface area (Å²) in [5.41, 5.74) is 1.50. The number of nitrogens with one attached hydrogen (secondary N) is 2. The van der Waals surface area contributed by atoms with E-state index in [1.807, 2.05) is 13.0 Å². The molecular formula is C39H40N2O9. The van der Waals surface area contributed by atoms with Gasteiger partial charge >= 0.3 is 0 Å². The quantitative estimate of drug-likeness (QED) is 0.0814. The number of allylic oxidation sites excluding steroid dienone is 1. The molecule has 11 nitrogen and oxygen atoms in total. The zero-order valence-corrected chi connectivity index (χ0v) is 28.7. The molecule has 3 aliphatic carbocycles. The molecule has 5 unspecified atom stereocenters. The molecule has 50 heavy (non-hydrogen) atoms. The number of ketones is 1. The highest BCUT2D eigenvalue weighted by Crippen LogP contribution is 2.57. The van der Waals surface area contributed by atoms with Crippen molar-refractivity contribution in [1.82, 2.24) is 0 Å². The average Bonchev–Trinajstić information content (AvgIpc) is 3.65. The molecule has 11 heteroatoms. The molecule has 0 radical (unpaired) electrons. The second-order valence-corrected chi connectivity index (χ2v) is 14.2. The number of phenols is 1. The molecule has 0 spiro atoms. The molecule has 3 aliphatic rings. The maximum Gasteiger partial charge on any atom is 0.230 e. The maximum absolute atomic E-state index is 14.9. The second kappa shape index (κ2) is 11.6. The van der Waals surface area contributed by atoms with Gasteiger partial charge in [-0.2, -0.15) is 0 Å². The van der Waals surface area contributed by atoms with E-state index in [0.29, 0.717) is 110 Å². The van der Waals surface area contributed by atoms with E-state index >= 15 is 0 Å². The summed E-state index contributed by atoms with van der Waals surface area (Å²) in [5, 5.41) is 43.2. The van der Waals surface area contributed by atoms with Crippen LogP contribution in [0.15, 0.2) is 27.3 Å². The van der Waals surface area contributed by atoms with E-state index in [0.717, 1.165) is 0 Å². The van der Waals surface area contributed by atoms with Gasteiger partial charge < -0.3 is 40.2 Å². The van der Waals surface area contributed by atoms with Crippen molar-refractivity contribution in [2.24, 2.45) is 0 Å². The summed E-state index contributed by atoms with van der Waals surface area (Å²) in [6, 6.07) is 2.80. The Morgan fingerprint density at radius 3 is 1.92 bits per heavy atom. The summed E-state index contributed by atoms with van der Waals surface area (Å²) in [5.74, 6) is -0.691. The minimum atomic E-state index is -0.887. The molecule has 0 aromatic heterocycles. The van der Waals surface area contributed by atoms with E-state index in [-0.39, 0.29) is 40.5 Å². The third-order valence-electron chi connectivity index (χ3n) is 11.2. The van der Waals surface area contributed by atoms with Gasteiger partial charge in [-0.15, -0.1) is 0 Å². The normalized spacial score (nSPS) is 23.3. The van der Waals surface area contributed by atoms with Gasteiger partial charge in [0.05, 0.1) is 61.6 Å². The predicted molar refractivity (Wildman–Crippen MR) is 194 cm³/mol. The molecule has 0 bridgehead atoms. The van der Waals surface area contributed by atoms with E-state index < -0.39 is 29.0 Å². The van der Waals surface area contributed by atoms with Crippen LogP contribution >= 0.6 is 0 Å². The number of anilines is 2. The van der Waals surface area contributed by atoms with Crippen LogP contribution in [0.4, 0.5) is 11.4 Å². The molecule has 2 saturated carbocycles. The number of methoxy groups -OCH3 is 3. The Morgan fingerprint density at radius 2 is 1.36 bits per heavy atom. The fourth-order valence-corrected chi connectivity index (χ4v) is 9.14. The van der Waals surface area contributed by atoms with Gasteiger partial charge in [0, 0.05) is 62.3 Å². The van der Waals surface area contributed by atoms with Crippen molar-refractivity contribution in [2.75, 3.05) is 32.0 Å². The number of aliphatic hydroxyl groups excluding tert-OH is 2. The Bertz CT molecular complexity index is 2400. The fourth-order valence-electron chi connectivity index (χ4n) is 9.14. The molecule has 8 rings (SSSR count). The number of aliphatic hydroxyl groups is 2. The topological polar surface area (TPSA) is 164 Å². The number of rotatable bonds is 8. The van der Waals surface area contributed by atoms with Gasteiger partial charge in [-0.1, -0.05) is 11.6 Å². The van der Waals surface area contributed by atoms with Gasteiger partial charge in [0.2, 0.25) is 5.43 Å². The van der Waals surface area contributed by atoms with Crippen LogP contribution in [-0.4, -0.2) is 66.7 Å². The monoisotopic (exact) mass is 680 g/mol. The highest BCUT2D eigenvalue weighted by atomic mass is 16.5. The summed E-state index contributed by atoms with van der Waals surface area (Å²) in [6.07, 6.45) is 4.45. The van der Waals surface area contributed by atoms with Crippen LogP contribution in [0.3, 0.4) is 0 Å². The number of ether oxygens (including phenoxy) is 3. The number of phenolic OH excluding ortho intramolecular Hbond substituents is 1. The van der Waals surface area contributed by atoms with Crippen molar-refractivity contribution in [3.63, 3.8) is 0 Å². The van der Waals surface area contributed by atoms with Crippen molar-refractivity contribution < 1.29 is 34.3 Å². The standard InChI is InChI=1S/C39H40N2O9/c1-15-10-21-27-32-29(37(46)36(21)41-18-7-9-20(44)12-18)23(45)14-25(49-4)31(32)30-24(48-3)13-22(40-17-6-8-19(43)11-17)28-34(30)33(27)35(26(15)16(2)42)39(50-5)38(28)47/h10,13-14,17-20,26,40-41,43-44,46H,6-9,11-12H2,1-5H3. The third-order valence-corrected chi connectivity index (χ3v) is 11.2. The van der Waals surface area contributed by atoms with Crippen molar-refractivity contribution in [2.45, 2.75) is 82.6 Å². The zero-order valence-electron chi connectivity index (χ0n) is 28.7. The molecule has 260 valence electrons. The number of hydrogen-bond acceptors (Lipinski definition) is 11. The van der Waals surface area contributed by atoms with E-state index in [4.69, 9.17) is 14.2 Å². The van der Waals surface area contributed by atoms with Crippen LogP contribution in [0.5, 0.6) is 23.0 Å². The Kier molecular flexibility index (Phi) is 7.50. The van der Waals surface area contributed by atoms with E-state index in [1.165, 1.54) is 34.3 Å². The van der Waals surface area contributed by atoms with Gasteiger partial charge in [-0.05, 0) is 57.8 Å². The molecule has 0 amide bonds. The van der Waals surface area contributed by atoms with Gasteiger partial charge in [-0.25, -0.2) is 0 Å². The van der Waals surface area contributed by atoms with Crippen LogP contribution in [0.25, 0.3) is 49.2 Å². The molecule has 0 saturated heterocycles. The Labute approximate surface area is 287 Å². The minimum Gasteiger partial charge on any atom is -0.505 e. The van der Waals surface area contributed by atoms with E-state index in [1.54, 1.807) is 6.07 Å². The zero-order chi connectivity index (χ0) is 35.3. The van der Waals surface area contributed by atoms with Crippen molar-refractivity contribution in [1.29, 1.82) is 0 Å². The Hall–Kier alpha value is -4.87. The lowest BCUT2D eigenvalue weighted by molar-refractivity contribution is -0.117. The number of carbonyl (C=O) groups excluding carboxylic acids is 1. The lowest BCUT2D eigenvalue weighted by atomic mass is 9.80. The molecule has 0 heterocycles. The molecule has 5 N–H and O–H groups in total.